The lowest BCUT2D eigenvalue weighted by Gasteiger charge is -2.25. The van der Waals surface area contributed by atoms with Crippen LogP contribution in [-0.4, -0.2) is 68.8 Å². The molecule has 2 aliphatic heterocycles. The second kappa shape index (κ2) is 10.5. The molecule has 3 aliphatic rings. The van der Waals surface area contributed by atoms with Crippen LogP contribution in [0.4, 0.5) is 17.1 Å². The average molecular weight is 598 g/mol. The third-order valence-electron chi connectivity index (χ3n) is 7.74. The van der Waals surface area contributed by atoms with E-state index in [4.69, 9.17) is 4.74 Å². The fraction of sp³-hybridized carbons (Fsp3) is 0.448. The Kier molecular flexibility index (Phi) is 7.40. The number of carbonyl (C=O) groups is 1. The summed E-state index contributed by atoms with van der Waals surface area (Å²) in [6, 6.07) is 8.85. The van der Waals surface area contributed by atoms with E-state index in [1.54, 1.807) is 24.3 Å². The first-order valence-electron chi connectivity index (χ1n) is 13.7. The maximum Gasteiger partial charge on any atom is 0.255 e. The van der Waals surface area contributed by atoms with Crippen LogP contribution in [0.15, 0.2) is 47.2 Å². The summed E-state index contributed by atoms with van der Waals surface area (Å²) in [6.45, 7) is 8.49. The molecule has 5 N–H and O–H groups in total. The largest absolute Gasteiger partial charge is 0.492 e. The van der Waals surface area contributed by atoms with E-state index in [0.29, 0.717) is 17.8 Å². The van der Waals surface area contributed by atoms with E-state index in [2.05, 4.69) is 26.0 Å². The number of hydrazine groups is 2. The molecule has 0 aromatic heterocycles. The van der Waals surface area contributed by atoms with Gasteiger partial charge in [-0.1, -0.05) is 26.8 Å². The number of likely N-dealkylation sites (N-methyl/N-ethyl adjacent to an activating group) is 1. The van der Waals surface area contributed by atoms with Crippen molar-refractivity contribution in [1.29, 1.82) is 0 Å². The van der Waals surface area contributed by atoms with Gasteiger partial charge in [-0.25, -0.2) is 8.42 Å². The minimum Gasteiger partial charge on any atom is -0.492 e. The molecule has 1 atom stereocenters. The van der Waals surface area contributed by atoms with Crippen molar-refractivity contribution in [3.8, 4) is 5.75 Å². The number of hydrogen-bond donors (Lipinski definition) is 5. The lowest BCUT2D eigenvalue weighted by atomic mass is 9.86. The summed E-state index contributed by atoms with van der Waals surface area (Å²) in [5, 5.41) is 15.3. The summed E-state index contributed by atoms with van der Waals surface area (Å²) in [4.78, 5) is 20.2. The van der Waals surface area contributed by atoms with Crippen molar-refractivity contribution in [2.75, 3.05) is 42.0 Å². The lowest BCUT2D eigenvalue weighted by Crippen LogP contribution is -2.44. The molecule has 0 saturated heterocycles. The molecule has 1 amide bonds. The van der Waals surface area contributed by atoms with Crippen LogP contribution in [0.1, 0.15) is 55.1 Å². The molecule has 0 bridgehead atoms. The molecule has 1 unspecified atom stereocenters. The Morgan fingerprint density at radius 1 is 1.19 bits per heavy atom. The molecule has 0 radical (unpaired) electrons. The molecule has 5 rings (SSSR count). The quantitative estimate of drug-likeness (QED) is 0.310. The zero-order chi connectivity index (χ0) is 30.6. The number of sulfonamides is 1. The maximum atomic E-state index is 13.5. The van der Waals surface area contributed by atoms with Crippen LogP contribution in [0.2, 0.25) is 0 Å². The smallest absolute Gasteiger partial charge is 0.255 e. The van der Waals surface area contributed by atoms with Gasteiger partial charge in [0.1, 0.15) is 11.4 Å². The van der Waals surface area contributed by atoms with Crippen molar-refractivity contribution in [3.05, 3.63) is 58.9 Å². The average Bonchev–Trinajstić information content (AvgIpc) is 3.27. The molecule has 42 heavy (non-hydrogen) atoms. The molecule has 226 valence electrons. The Morgan fingerprint density at radius 2 is 1.88 bits per heavy atom. The number of aryl methyl sites for hydroxylation is 1. The molecule has 0 spiro atoms. The Balaban J connectivity index is 1.40. The van der Waals surface area contributed by atoms with E-state index < -0.39 is 15.6 Å². The zero-order valence-corrected chi connectivity index (χ0v) is 25.8. The van der Waals surface area contributed by atoms with E-state index >= 15 is 0 Å². The Labute approximate surface area is 246 Å². The topological polar surface area (TPSA) is 148 Å². The number of nitrogens with zero attached hydrogens (tertiary/aromatic N) is 3. The highest BCUT2D eigenvalue weighted by Gasteiger charge is 2.50. The molecule has 1 aliphatic carbocycles. The summed E-state index contributed by atoms with van der Waals surface area (Å²) in [7, 11) is -0.235. The van der Waals surface area contributed by atoms with Gasteiger partial charge in [-0.3, -0.25) is 19.5 Å². The zero-order valence-electron chi connectivity index (χ0n) is 25.0. The maximum absolute atomic E-state index is 13.5. The highest BCUT2D eigenvalue weighted by molar-refractivity contribution is 7.92. The summed E-state index contributed by atoms with van der Waals surface area (Å²) in [5.74, 6) is 0.558. The number of anilines is 3. The van der Waals surface area contributed by atoms with Crippen LogP contribution < -0.4 is 30.7 Å². The van der Waals surface area contributed by atoms with Crippen LogP contribution in [-0.2, 0) is 15.4 Å². The first-order chi connectivity index (χ1) is 19.6. The fourth-order valence-corrected chi connectivity index (χ4v) is 5.71. The third-order valence-corrected chi connectivity index (χ3v) is 8.33. The van der Waals surface area contributed by atoms with Crippen LogP contribution in [0, 0.1) is 6.92 Å². The number of methoxy groups -OCH3 is 1. The van der Waals surface area contributed by atoms with Gasteiger partial charge in [-0.15, -0.1) is 5.53 Å². The number of benzene rings is 2. The van der Waals surface area contributed by atoms with Crippen molar-refractivity contribution in [1.82, 2.24) is 15.9 Å². The van der Waals surface area contributed by atoms with Gasteiger partial charge in [0.05, 0.1) is 48.7 Å². The lowest BCUT2D eigenvalue weighted by molar-refractivity contribution is 0.102. The second-order valence-corrected chi connectivity index (χ2v) is 13.9. The van der Waals surface area contributed by atoms with Gasteiger partial charge < -0.3 is 25.5 Å². The number of hydrogen-bond acceptors (Lipinski definition) is 10. The van der Waals surface area contributed by atoms with E-state index in [9.17, 15) is 18.3 Å². The van der Waals surface area contributed by atoms with Crippen molar-refractivity contribution in [2.24, 2.45) is 4.99 Å². The third kappa shape index (κ3) is 5.90. The first-order valence-corrected chi connectivity index (χ1v) is 15.6. The molecule has 2 aromatic carbocycles. The predicted molar refractivity (Wildman–Crippen MR) is 164 cm³/mol. The Hall–Kier alpha value is -3.81. The first kappa shape index (κ1) is 29.7. The van der Waals surface area contributed by atoms with Gasteiger partial charge in [0.2, 0.25) is 10.0 Å². The van der Waals surface area contributed by atoms with Gasteiger partial charge in [-0.05, 0) is 60.6 Å². The minimum absolute atomic E-state index is 0.0498. The molecule has 13 heteroatoms. The number of amides is 1. The molecule has 2 aromatic rings. The summed E-state index contributed by atoms with van der Waals surface area (Å²) < 4.78 is 32.2. The normalized spacial score (nSPS) is 19.7. The predicted octanol–water partition coefficient (Wildman–Crippen LogP) is 2.83. The van der Waals surface area contributed by atoms with E-state index in [1.165, 1.54) is 7.11 Å². The Morgan fingerprint density at radius 3 is 2.50 bits per heavy atom. The number of carbonyl (C=O) groups excluding carboxylic acids is 1. The summed E-state index contributed by atoms with van der Waals surface area (Å²) >= 11 is 0. The fourth-order valence-electron chi connectivity index (χ4n) is 5.16. The number of rotatable bonds is 8. The van der Waals surface area contributed by atoms with E-state index in [1.807, 2.05) is 56.9 Å². The van der Waals surface area contributed by atoms with Gasteiger partial charge in [0.25, 0.3) is 5.91 Å². The highest BCUT2D eigenvalue weighted by Crippen LogP contribution is 2.41. The SMILES string of the molecule is COc1c(NC(=O)c2ccc(C)c(N3C=C(C4CN=C(C5(O)CC5)N4C)NN3)c2)cc(C(C)(C)C)cc1NS(C)(=O)=O. The number of aliphatic imine (C=N–C) groups is 1. The molecular formula is C29H39N7O5S. The monoisotopic (exact) mass is 597 g/mol. The number of ether oxygens (including phenoxy) is 1. The van der Waals surface area contributed by atoms with Gasteiger partial charge in [-0.2, -0.15) is 0 Å². The standard InChI is InChI=1S/C29H39N7O5S/c1-17-8-9-18(12-23(17)36-16-22(32-34-36)24-15-30-27(35(24)5)29(38)10-11-29)26(37)31-20-13-19(28(2,3)4)14-21(25(20)41-6)33-42(7,39)40/h8-9,12-14,16,24,32-34,38H,10-11,15H2,1-7H3,(H,31,37). The second-order valence-electron chi connectivity index (χ2n) is 12.2. The van der Waals surface area contributed by atoms with Crippen molar-refractivity contribution < 1.29 is 23.1 Å². The summed E-state index contributed by atoms with van der Waals surface area (Å²) in [6.07, 6.45) is 4.46. The van der Waals surface area contributed by atoms with Gasteiger partial charge >= 0.3 is 0 Å². The molecule has 1 saturated carbocycles. The molecule has 12 nitrogen and oxygen atoms in total. The van der Waals surface area contributed by atoms with Gasteiger partial charge in [0.15, 0.2) is 5.75 Å². The van der Waals surface area contributed by atoms with E-state index in [-0.39, 0.29) is 28.8 Å². The van der Waals surface area contributed by atoms with Crippen LogP contribution in [0.5, 0.6) is 5.75 Å². The number of amidine groups is 1. The number of nitrogens with one attached hydrogen (secondary N) is 4. The van der Waals surface area contributed by atoms with Crippen LogP contribution in [0.25, 0.3) is 0 Å². The minimum atomic E-state index is -3.60. The van der Waals surface area contributed by atoms with Gasteiger partial charge in [0, 0.05) is 18.8 Å². The van der Waals surface area contributed by atoms with Crippen molar-refractivity contribution in [3.63, 3.8) is 0 Å². The van der Waals surface area contributed by atoms with Crippen molar-refractivity contribution >= 4 is 38.8 Å². The summed E-state index contributed by atoms with van der Waals surface area (Å²) in [5.41, 5.74) is 9.65. The number of aliphatic hydroxyl groups is 1. The highest BCUT2D eigenvalue weighted by atomic mass is 32.2. The Bertz CT molecular complexity index is 1590. The van der Waals surface area contributed by atoms with Crippen LogP contribution in [0.3, 0.4) is 0 Å². The molecule has 1 fully saturated rings. The molecular weight excluding hydrogens is 558 g/mol. The van der Waals surface area contributed by atoms with Crippen LogP contribution >= 0.6 is 0 Å². The molecule has 2 heterocycles. The van der Waals surface area contributed by atoms with Crippen molar-refractivity contribution in [2.45, 2.75) is 57.6 Å². The van der Waals surface area contributed by atoms with E-state index in [0.717, 1.165) is 47.4 Å².